The number of guanidine groups is 3. The summed E-state index contributed by atoms with van der Waals surface area (Å²) in [6.45, 7) is 2.31. The highest BCUT2D eigenvalue weighted by Gasteiger charge is 2.34. The second-order valence-electron chi connectivity index (χ2n) is 18.9. The van der Waals surface area contributed by atoms with E-state index in [9.17, 15) is 43.8 Å². The highest BCUT2D eigenvalue weighted by atomic mass is 16.3. The molecule has 0 saturated heterocycles. The number of rotatable bonds is 34. The average Bonchev–Trinajstić information content (AvgIpc) is 3.87. The van der Waals surface area contributed by atoms with E-state index in [0.29, 0.717) is 23.1 Å². The van der Waals surface area contributed by atoms with Crippen LogP contribution in [-0.4, -0.2) is 130 Å². The van der Waals surface area contributed by atoms with Gasteiger partial charge in [0.15, 0.2) is 17.9 Å². The zero-order valence-corrected chi connectivity index (χ0v) is 44.4. The van der Waals surface area contributed by atoms with E-state index in [1.165, 1.54) is 36.4 Å². The lowest BCUT2D eigenvalue weighted by molar-refractivity contribution is -0.135. The van der Waals surface area contributed by atoms with E-state index < -0.39 is 71.7 Å². The molecule has 0 bridgehead atoms. The molecule has 26 nitrogen and oxygen atoms in total. The number of nitrogens with two attached hydrogens (primary N) is 7. The van der Waals surface area contributed by atoms with Crippen LogP contribution < -0.4 is 72.0 Å². The Kier molecular flexibility index (Phi) is 25.7. The molecule has 0 saturated carbocycles. The average molecular weight is 1100 g/mol. The van der Waals surface area contributed by atoms with Crippen molar-refractivity contribution in [2.45, 2.75) is 127 Å². The predicted octanol–water partition coefficient (Wildman–Crippen LogP) is -1.26. The van der Waals surface area contributed by atoms with Gasteiger partial charge in [-0.1, -0.05) is 62.2 Å². The van der Waals surface area contributed by atoms with Gasteiger partial charge in [-0.05, 0) is 92.0 Å². The molecule has 79 heavy (non-hydrogen) atoms. The van der Waals surface area contributed by atoms with Crippen molar-refractivity contribution in [1.82, 2.24) is 36.9 Å². The van der Waals surface area contributed by atoms with Crippen molar-refractivity contribution in [2.75, 3.05) is 19.6 Å². The Bertz CT molecular complexity index is 2740. The fourth-order valence-electron chi connectivity index (χ4n) is 8.38. The fourth-order valence-corrected chi connectivity index (χ4v) is 8.38. The SMILES string of the molecule is CCCCCC(=O)N[C@@H](CCCN=C(N)N)C(=O)N[C@@H](Cc1ccc(O)cc1)C(=O)N[C@@H](Cc1ccc(O)cc1)C(=O)N[C@@H](CCCN=C(N)N)C(=O)N[C@@H](Cc1c[nH]c2ccccc12)C(=O)N[C@@H](CCCN=C(N)N)C(N)=O. The van der Waals surface area contributed by atoms with E-state index in [4.69, 9.17) is 40.1 Å². The zero-order valence-electron chi connectivity index (χ0n) is 44.4. The molecule has 4 rings (SSSR count). The Hall–Kier alpha value is -9.10. The number of para-hydroxylation sites is 1. The van der Waals surface area contributed by atoms with Crippen LogP contribution in [0.5, 0.6) is 11.5 Å². The number of aliphatic imine (C=N–C) groups is 3. The molecule has 0 fully saturated rings. The van der Waals surface area contributed by atoms with Crippen LogP contribution in [0, 0.1) is 0 Å². The number of nitrogens with zero attached hydrogens (tertiary/aromatic N) is 3. The van der Waals surface area contributed by atoms with E-state index in [2.05, 4.69) is 51.9 Å². The first kappa shape index (κ1) is 62.4. The van der Waals surface area contributed by atoms with Gasteiger partial charge in [0.05, 0.1) is 0 Å². The predicted molar refractivity (Wildman–Crippen MR) is 300 cm³/mol. The minimum Gasteiger partial charge on any atom is -0.508 e. The van der Waals surface area contributed by atoms with Crippen LogP contribution in [0.15, 0.2) is 94.0 Å². The Morgan fingerprint density at radius 2 is 0.873 bits per heavy atom. The number of fused-ring (bicyclic) bond motifs is 1. The summed E-state index contributed by atoms with van der Waals surface area (Å²) in [6.07, 6.45) is 4.34. The first-order valence-corrected chi connectivity index (χ1v) is 26.1. The summed E-state index contributed by atoms with van der Waals surface area (Å²) in [4.78, 5) is 114. The number of hydrogen-bond acceptors (Lipinski definition) is 12. The van der Waals surface area contributed by atoms with Gasteiger partial charge in [-0.3, -0.25) is 48.5 Å². The van der Waals surface area contributed by atoms with Gasteiger partial charge < -0.3 is 87.2 Å². The number of phenols is 2. The Labute approximate surface area is 458 Å². The fraction of sp³-hybridized carbons (Fsp3) is 0.434. The molecule has 23 N–H and O–H groups in total. The van der Waals surface area contributed by atoms with Crippen molar-refractivity contribution in [3.05, 3.63) is 95.7 Å². The van der Waals surface area contributed by atoms with Gasteiger partial charge in [0.2, 0.25) is 41.4 Å². The van der Waals surface area contributed by atoms with Gasteiger partial charge in [-0.25, -0.2) is 0 Å². The number of amides is 7. The highest BCUT2D eigenvalue weighted by molar-refractivity contribution is 5.97. The van der Waals surface area contributed by atoms with Gasteiger partial charge in [0.1, 0.15) is 47.8 Å². The monoisotopic (exact) mass is 1100 g/mol. The van der Waals surface area contributed by atoms with Gasteiger partial charge in [0.25, 0.3) is 0 Å². The summed E-state index contributed by atoms with van der Waals surface area (Å²) >= 11 is 0. The van der Waals surface area contributed by atoms with E-state index in [-0.39, 0.29) is 119 Å². The van der Waals surface area contributed by atoms with Crippen molar-refractivity contribution in [3.63, 3.8) is 0 Å². The minimum absolute atomic E-state index is 0.0299. The molecular formula is C53H77N17O9. The molecule has 1 aromatic heterocycles. The molecule has 4 aromatic rings. The van der Waals surface area contributed by atoms with E-state index in [0.717, 1.165) is 23.7 Å². The number of H-pyrrole nitrogens is 1. The third-order valence-electron chi connectivity index (χ3n) is 12.5. The number of carbonyl (C=O) groups excluding carboxylic acids is 7. The quantitative estimate of drug-likeness (QED) is 0.0148. The zero-order chi connectivity index (χ0) is 57.9. The molecule has 6 atom stereocenters. The molecule has 1 heterocycles. The molecule has 7 amide bonds. The highest BCUT2D eigenvalue weighted by Crippen LogP contribution is 2.20. The molecular weight excluding hydrogens is 1020 g/mol. The van der Waals surface area contributed by atoms with E-state index in [1.54, 1.807) is 24.4 Å². The normalized spacial score (nSPS) is 13.2. The number of carbonyl (C=O) groups is 7. The van der Waals surface area contributed by atoms with E-state index >= 15 is 0 Å². The topological polar surface area (TPSA) is 467 Å². The number of primary amides is 1. The van der Waals surface area contributed by atoms with Crippen molar-refractivity contribution in [1.29, 1.82) is 0 Å². The number of aromatic hydroxyl groups is 2. The van der Waals surface area contributed by atoms with Gasteiger partial charge in [-0.2, -0.15) is 0 Å². The Morgan fingerprint density at radius 3 is 1.32 bits per heavy atom. The van der Waals surface area contributed by atoms with Crippen LogP contribution in [0.25, 0.3) is 10.9 Å². The van der Waals surface area contributed by atoms with Crippen LogP contribution in [0.1, 0.15) is 87.8 Å². The number of hydrogen-bond donors (Lipinski definition) is 16. The summed E-state index contributed by atoms with van der Waals surface area (Å²) in [5.74, 6) is -5.96. The summed E-state index contributed by atoms with van der Waals surface area (Å²) in [6, 6.07) is 11.0. The number of nitrogens with one attached hydrogen (secondary N) is 7. The summed E-state index contributed by atoms with van der Waals surface area (Å²) in [5.41, 5.74) is 41.2. The molecule has 0 aliphatic heterocycles. The molecule has 0 aliphatic rings. The second kappa shape index (κ2) is 32.5. The second-order valence-corrected chi connectivity index (χ2v) is 18.9. The maximum absolute atomic E-state index is 14.8. The largest absolute Gasteiger partial charge is 0.508 e. The Morgan fingerprint density at radius 1 is 0.481 bits per heavy atom. The summed E-state index contributed by atoms with van der Waals surface area (Å²) < 4.78 is 0. The lowest BCUT2D eigenvalue weighted by Gasteiger charge is -2.28. The van der Waals surface area contributed by atoms with Gasteiger partial charge in [0, 0.05) is 62.4 Å². The number of aromatic nitrogens is 1. The van der Waals surface area contributed by atoms with Crippen LogP contribution >= 0.6 is 0 Å². The van der Waals surface area contributed by atoms with Crippen molar-refractivity contribution in [2.24, 2.45) is 55.1 Å². The number of benzene rings is 3. The minimum atomic E-state index is -1.47. The maximum atomic E-state index is 14.8. The number of phenolic OH excluding ortho intramolecular Hbond substituents is 2. The number of aromatic amines is 1. The van der Waals surface area contributed by atoms with E-state index in [1.807, 2.05) is 25.1 Å². The first-order chi connectivity index (χ1) is 37.7. The van der Waals surface area contributed by atoms with Crippen molar-refractivity contribution < 1.29 is 43.8 Å². The molecule has 0 unspecified atom stereocenters. The van der Waals surface area contributed by atoms with Crippen LogP contribution in [-0.2, 0) is 52.8 Å². The molecule has 3 aromatic carbocycles. The molecule has 26 heteroatoms. The smallest absolute Gasteiger partial charge is 0.243 e. The number of unbranched alkanes of at least 4 members (excludes halogenated alkanes) is 2. The maximum Gasteiger partial charge on any atom is 0.243 e. The van der Waals surface area contributed by atoms with Crippen molar-refractivity contribution in [3.8, 4) is 11.5 Å². The summed E-state index contributed by atoms with van der Waals surface area (Å²) in [7, 11) is 0. The van der Waals surface area contributed by atoms with Gasteiger partial charge >= 0.3 is 0 Å². The first-order valence-electron chi connectivity index (χ1n) is 26.1. The molecule has 0 spiro atoms. The molecule has 0 radical (unpaired) electrons. The third-order valence-corrected chi connectivity index (χ3v) is 12.5. The third kappa shape index (κ3) is 22.6. The van der Waals surface area contributed by atoms with Crippen LogP contribution in [0.2, 0.25) is 0 Å². The van der Waals surface area contributed by atoms with Gasteiger partial charge in [-0.15, -0.1) is 0 Å². The summed E-state index contributed by atoms with van der Waals surface area (Å²) in [5, 5.41) is 37.4. The lowest BCUT2D eigenvalue weighted by atomic mass is 10.0. The van der Waals surface area contributed by atoms with Crippen LogP contribution in [0.4, 0.5) is 0 Å². The molecule has 428 valence electrons. The van der Waals surface area contributed by atoms with Crippen molar-refractivity contribution >= 4 is 70.1 Å². The lowest BCUT2D eigenvalue weighted by Crippen LogP contribution is -2.60. The Balaban J connectivity index is 1.71. The van der Waals surface area contributed by atoms with Crippen LogP contribution in [0.3, 0.4) is 0 Å². The molecule has 0 aliphatic carbocycles. The standard InChI is InChI=1S/C53H77N17O9/c1-2-3-4-15-44(73)65-39(13-8-25-62-52(57)58)46(75)68-42(28-32-18-22-35(72)23-19-32)49(78)69-41(27-31-16-20-34(71)21-17-31)48(77)67-40(14-9-26-63-53(59)60)47(76)70-43(29-33-30-64-37-11-6-5-10-36(33)37)50(79)66-38(45(54)74)12-7-24-61-51(55)56/h5-6,10-11,16-23,30,38-43,64,71-72H,2-4,7-9,12-15,24-29H2,1H3,(H2,54,74)(H,65,73)(H,66,79)(H,67,77)(H,68,75)(H,69,78)(H,70,76)(H4,55,56,61)(H4,57,58,62)(H4,59,60,63)/t38-,39-,40-,41-,42-,43-/m0/s1.